The first-order valence-corrected chi connectivity index (χ1v) is 11.3. The lowest BCUT2D eigenvalue weighted by atomic mass is 10.1. The number of fused-ring (bicyclic) bond motifs is 1. The van der Waals surface area contributed by atoms with Crippen molar-refractivity contribution in [1.29, 1.82) is 0 Å². The first kappa shape index (κ1) is 22.5. The molecular weight excluding hydrogens is 448 g/mol. The maximum atomic E-state index is 13.4. The monoisotopic (exact) mass is 474 g/mol. The summed E-state index contributed by atoms with van der Waals surface area (Å²) in [4.78, 5) is 31.1. The second kappa shape index (κ2) is 9.17. The lowest BCUT2D eigenvalue weighted by molar-refractivity contribution is -0.116. The van der Waals surface area contributed by atoms with Gasteiger partial charge in [-0.15, -0.1) is 0 Å². The van der Waals surface area contributed by atoms with E-state index in [0.29, 0.717) is 34.0 Å². The van der Waals surface area contributed by atoms with Crippen molar-refractivity contribution in [2.75, 3.05) is 26.6 Å². The number of nitrogens with one attached hydrogen (secondary N) is 1. The Labute approximate surface area is 201 Å². The highest BCUT2D eigenvalue weighted by Gasteiger charge is 2.27. The van der Waals surface area contributed by atoms with Crippen LogP contribution in [0.15, 0.2) is 59.8 Å². The number of benzene rings is 2. The molecule has 2 aromatic carbocycles. The van der Waals surface area contributed by atoms with Gasteiger partial charge in [0.25, 0.3) is 5.56 Å². The van der Waals surface area contributed by atoms with Crippen LogP contribution in [0.2, 0.25) is 0 Å². The summed E-state index contributed by atoms with van der Waals surface area (Å²) in [6.07, 6.45) is 5.36. The van der Waals surface area contributed by atoms with E-state index in [0.717, 1.165) is 24.0 Å². The molecule has 0 atom stereocenters. The molecule has 1 N–H and O–H groups in total. The molecule has 2 heterocycles. The third kappa shape index (κ3) is 4.21. The van der Waals surface area contributed by atoms with Crippen molar-refractivity contribution in [3.8, 4) is 28.4 Å². The van der Waals surface area contributed by atoms with Gasteiger partial charge < -0.3 is 24.1 Å². The fourth-order valence-corrected chi connectivity index (χ4v) is 4.27. The second-order valence-electron chi connectivity index (χ2n) is 8.38. The van der Waals surface area contributed by atoms with Crippen LogP contribution in [-0.2, 0) is 11.3 Å². The van der Waals surface area contributed by atoms with Crippen molar-refractivity contribution in [1.82, 2.24) is 14.1 Å². The van der Waals surface area contributed by atoms with Crippen molar-refractivity contribution >= 4 is 22.6 Å². The highest BCUT2D eigenvalue weighted by Crippen LogP contribution is 2.40. The molecule has 0 unspecified atom stereocenters. The number of ether oxygens (including phenoxy) is 3. The molecule has 35 heavy (non-hydrogen) atoms. The first-order chi connectivity index (χ1) is 17.0. The van der Waals surface area contributed by atoms with E-state index in [1.54, 1.807) is 27.6 Å². The molecule has 4 aromatic rings. The molecule has 0 spiro atoms. The molecule has 1 aliphatic carbocycles. The molecule has 180 valence electrons. The zero-order chi connectivity index (χ0) is 24.5. The molecule has 1 aliphatic rings. The summed E-state index contributed by atoms with van der Waals surface area (Å²) in [5.41, 5.74) is 3.08. The van der Waals surface area contributed by atoms with Gasteiger partial charge in [-0.25, -0.2) is 4.98 Å². The number of anilines is 1. The number of rotatable bonds is 8. The lowest BCUT2D eigenvalue weighted by Gasteiger charge is -2.15. The van der Waals surface area contributed by atoms with Crippen molar-refractivity contribution in [3.05, 3.63) is 65.3 Å². The predicted molar refractivity (Wildman–Crippen MR) is 132 cm³/mol. The summed E-state index contributed by atoms with van der Waals surface area (Å²) < 4.78 is 19.4. The highest BCUT2D eigenvalue weighted by atomic mass is 16.5. The molecule has 9 nitrogen and oxygen atoms in total. The molecule has 0 bridgehead atoms. The molecular formula is C26H26N4O5. The van der Waals surface area contributed by atoms with Crippen LogP contribution in [-0.4, -0.2) is 41.4 Å². The molecule has 0 saturated heterocycles. The molecule has 5 rings (SSSR count). The summed E-state index contributed by atoms with van der Waals surface area (Å²) >= 11 is 0. The fraction of sp³-hybridized carbons (Fsp3) is 0.269. The third-order valence-electron chi connectivity index (χ3n) is 6.09. The Morgan fingerprint density at radius 2 is 1.74 bits per heavy atom. The van der Waals surface area contributed by atoms with Crippen LogP contribution in [0, 0.1) is 0 Å². The summed E-state index contributed by atoms with van der Waals surface area (Å²) in [5, 5.41) is 2.87. The van der Waals surface area contributed by atoms with Gasteiger partial charge in [0.1, 0.15) is 17.6 Å². The van der Waals surface area contributed by atoms with Crippen LogP contribution in [0.1, 0.15) is 18.9 Å². The largest absolute Gasteiger partial charge is 0.493 e. The molecule has 0 radical (unpaired) electrons. The molecule has 1 fully saturated rings. The second-order valence-corrected chi connectivity index (χ2v) is 8.38. The van der Waals surface area contributed by atoms with Crippen LogP contribution < -0.4 is 25.1 Å². The van der Waals surface area contributed by atoms with Crippen LogP contribution in [0.25, 0.3) is 22.2 Å². The van der Waals surface area contributed by atoms with Crippen molar-refractivity contribution in [2.24, 2.45) is 0 Å². The highest BCUT2D eigenvalue weighted by molar-refractivity contribution is 5.96. The topological polar surface area (TPSA) is 96.6 Å². The van der Waals surface area contributed by atoms with E-state index in [1.165, 1.54) is 21.3 Å². The van der Waals surface area contributed by atoms with Crippen LogP contribution in [0.5, 0.6) is 17.2 Å². The number of nitrogens with zero attached hydrogens (tertiary/aromatic N) is 3. The zero-order valence-corrected chi connectivity index (χ0v) is 19.8. The Morgan fingerprint density at radius 3 is 2.34 bits per heavy atom. The summed E-state index contributed by atoms with van der Waals surface area (Å²) in [6.45, 7) is -0.0639. The first-order valence-electron chi connectivity index (χ1n) is 11.3. The SMILES string of the molecule is COc1cc(NC(=O)Cn2cc(-c3ccccc3)c3ncn(C4CC4)c(=O)c32)cc(OC)c1OC. The number of carbonyl (C=O) groups excluding carboxylic acids is 1. The molecule has 9 heteroatoms. The van der Waals surface area contributed by atoms with Crippen LogP contribution in [0.3, 0.4) is 0 Å². The van der Waals surface area contributed by atoms with E-state index in [1.807, 2.05) is 36.5 Å². The van der Waals surface area contributed by atoms with E-state index in [9.17, 15) is 9.59 Å². The maximum Gasteiger partial charge on any atom is 0.278 e. The minimum Gasteiger partial charge on any atom is -0.493 e. The van der Waals surface area contributed by atoms with Gasteiger partial charge in [0.2, 0.25) is 11.7 Å². The Hall–Kier alpha value is -4.27. The van der Waals surface area contributed by atoms with E-state index < -0.39 is 0 Å². The quantitative estimate of drug-likeness (QED) is 0.417. The van der Waals surface area contributed by atoms with E-state index in [4.69, 9.17) is 14.2 Å². The van der Waals surface area contributed by atoms with E-state index >= 15 is 0 Å². The number of carbonyl (C=O) groups is 1. The van der Waals surface area contributed by atoms with Gasteiger partial charge in [0.05, 0.1) is 27.7 Å². The third-order valence-corrected chi connectivity index (χ3v) is 6.09. The minimum absolute atomic E-state index is 0.0639. The Kier molecular flexibility index (Phi) is 5.90. The van der Waals surface area contributed by atoms with Crippen molar-refractivity contribution < 1.29 is 19.0 Å². The number of hydrogen-bond acceptors (Lipinski definition) is 6. The van der Waals surface area contributed by atoms with E-state index in [-0.39, 0.29) is 24.1 Å². The smallest absolute Gasteiger partial charge is 0.278 e. The Morgan fingerprint density at radius 1 is 1.06 bits per heavy atom. The molecule has 2 aromatic heterocycles. The number of methoxy groups -OCH3 is 3. The predicted octanol–water partition coefficient (Wildman–Crippen LogP) is 3.86. The van der Waals surface area contributed by atoms with Gasteiger partial charge in [-0.2, -0.15) is 0 Å². The standard InChI is InChI=1S/C26H26N4O5/c1-33-20-11-17(12-21(34-2)25(20)35-3)28-22(31)14-29-13-19(16-7-5-4-6-8-16)23-24(29)26(32)30(15-27-23)18-9-10-18/h4-8,11-13,15,18H,9-10,14H2,1-3H3,(H,28,31). The summed E-state index contributed by atoms with van der Waals surface area (Å²) in [5.74, 6) is 0.980. The van der Waals surface area contributed by atoms with Crippen LogP contribution in [0.4, 0.5) is 5.69 Å². The Bertz CT molecular complexity index is 1430. The Balaban J connectivity index is 1.52. The normalized spacial score (nSPS) is 13.0. The van der Waals surface area contributed by atoms with Gasteiger partial charge in [-0.05, 0) is 18.4 Å². The van der Waals surface area contributed by atoms with Gasteiger partial charge in [0.15, 0.2) is 11.5 Å². The number of amides is 1. The van der Waals surface area contributed by atoms with Gasteiger partial charge >= 0.3 is 0 Å². The average Bonchev–Trinajstić information content (AvgIpc) is 3.65. The van der Waals surface area contributed by atoms with Crippen molar-refractivity contribution in [2.45, 2.75) is 25.4 Å². The minimum atomic E-state index is -0.308. The fourth-order valence-electron chi connectivity index (χ4n) is 4.27. The number of aromatic nitrogens is 3. The van der Waals surface area contributed by atoms with Gasteiger partial charge in [0, 0.05) is 35.6 Å². The summed E-state index contributed by atoms with van der Waals surface area (Å²) in [6, 6.07) is 13.2. The zero-order valence-electron chi connectivity index (χ0n) is 19.8. The lowest BCUT2D eigenvalue weighted by Crippen LogP contribution is -2.24. The van der Waals surface area contributed by atoms with Crippen molar-refractivity contribution in [3.63, 3.8) is 0 Å². The molecule has 1 saturated carbocycles. The molecule has 1 amide bonds. The average molecular weight is 475 g/mol. The number of hydrogen-bond donors (Lipinski definition) is 1. The summed E-state index contributed by atoms with van der Waals surface area (Å²) in [7, 11) is 4.54. The van der Waals surface area contributed by atoms with Gasteiger partial charge in [-0.3, -0.25) is 14.2 Å². The van der Waals surface area contributed by atoms with Gasteiger partial charge in [-0.1, -0.05) is 30.3 Å². The van der Waals surface area contributed by atoms with E-state index in [2.05, 4.69) is 10.3 Å². The molecule has 0 aliphatic heterocycles. The maximum absolute atomic E-state index is 13.4. The van der Waals surface area contributed by atoms with Crippen LogP contribution >= 0.6 is 0 Å².